The molecular formula is C21H17I6NO5. The van der Waals surface area contributed by atoms with Crippen LogP contribution in [0.15, 0.2) is 24.3 Å². The summed E-state index contributed by atoms with van der Waals surface area (Å²) in [6.07, 6.45) is -0.592. The number of hydrogen-bond acceptors (Lipinski definition) is 6. The average molecular weight is 1120 g/mol. The van der Waals surface area contributed by atoms with Gasteiger partial charge in [0.25, 0.3) is 0 Å². The molecule has 6 nitrogen and oxygen atoms in total. The highest BCUT2D eigenvalue weighted by Gasteiger charge is 2.25. The van der Waals surface area contributed by atoms with E-state index in [0.29, 0.717) is 30.9 Å². The first-order chi connectivity index (χ1) is 15.7. The zero-order valence-electron chi connectivity index (χ0n) is 16.9. The summed E-state index contributed by atoms with van der Waals surface area (Å²) < 4.78 is 22.6. The zero-order chi connectivity index (χ0) is 24.1. The lowest BCUT2D eigenvalue weighted by Crippen LogP contribution is -2.44. The van der Waals surface area contributed by atoms with Gasteiger partial charge in [-0.05, 0) is 160 Å². The fourth-order valence-electron chi connectivity index (χ4n) is 3.07. The molecule has 1 saturated heterocycles. The highest BCUT2D eigenvalue weighted by Crippen LogP contribution is 2.25. The van der Waals surface area contributed by atoms with Crippen LogP contribution in [0, 0.1) is 21.4 Å². The molecule has 2 aromatic carbocycles. The summed E-state index contributed by atoms with van der Waals surface area (Å²) in [7, 11) is 0. The lowest BCUT2D eigenvalue weighted by molar-refractivity contribution is -0.0262. The van der Waals surface area contributed by atoms with Crippen molar-refractivity contribution in [1.82, 2.24) is 4.90 Å². The lowest BCUT2D eigenvalue weighted by atomic mass is 10.2. The Morgan fingerprint density at radius 2 is 1.36 bits per heavy atom. The Morgan fingerprint density at radius 1 is 0.848 bits per heavy atom. The first-order valence-corrected chi connectivity index (χ1v) is 16.1. The SMILES string of the molecule is O=C(OCC(CN1CCOCC1)OC(=O)c1cc(I)cc(I)c1I)c1cc(I)cc(I)c1I. The third-order valence-electron chi connectivity index (χ3n) is 4.67. The summed E-state index contributed by atoms with van der Waals surface area (Å²) in [5.74, 6) is -0.833. The fraction of sp³-hybridized carbons (Fsp3) is 0.333. The van der Waals surface area contributed by atoms with Crippen LogP contribution < -0.4 is 0 Å². The third kappa shape index (κ3) is 8.60. The van der Waals surface area contributed by atoms with E-state index in [9.17, 15) is 9.59 Å². The maximum absolute atomic E-state index is 13.1. The molecule has 0 spiro atoms. The van der Waals surface area contributed by atoms with Crippen molar-refractivity contribution < 1.29 is 23.8 Å². The van der Waals surface area contributed by atoms with Gasteiger partial charge in [-0.3, -0.25) is 4.90 Å². The Labute approximate surface area is 274 Å². The van der Waals surface area contributed by atoms with Gasteiger partial charge in [-0.15, -0.1) is 0 Å². The summed E-state index contributed by atoms with van der Waals surface area (Å²) in [5.41, 5.74) is 1.04. The number of halogens is 6. The molecule has 0 amide bonds. The van der Waals surface area contributed by atoms with E-state index >= 15 is 0 Å². The molecule has 12 heteroatoms. The largest absolute Gasteiger partial charge is 0.458 e. The number of esters is 2. The number of benzene rings is 2. The fourth-order valence-corrected chi connectivity index (χ4v) is 7.82. The van der Waals surface area contributed by atoms with Crippen molar-refractivity contribution in [3.8, 4) is 0 Å². The smallest absolute Gasteiger partial charge is 0.339 e. The van der Waals surface area contributed by atoms with Crippen molar-refractivity contribution in [2.75, 3.05) is 39.5 Å². The van der Waals surface area contributed by atoms with Gasteiger partial charge in [-0.1, -0.05) is 0 Å². The van der Waals surface area contributed by atoms with Crippen LogP contribution in [0.4, 0.5) is 0 Å². The maximum atomic E-state index is 13.1. The summed E-state index contributed by atoms with van der Waals surface area (Å²) in [6, 6.07) is 7.65. The third-order valence-corrected chi connectivity index (χ3v) is 12.0. The molecule has 1 atom stereocenters. The van der Waals surface area contributed by atoms with Crippen LogP contribution in [0.1, 0.15) is 20.7 Å². The predicted molar refractivity (Wildman–Crippen MR) is 176 cm³/mol. The van der Waals surface area contributed by atoms with Crippen molar-refractivity contribution >= 4 is 147 Å². The topological polar surface area (TPSA) is 65.1 Å². The summed E-state index contributed by atoms with van der Waals surface area (Å²) in [6.45, 7) is 3.21. The van der Waals surface area contributed by atoms with Crippen LogP contribution in [0.25, 0.3) is 0 Å². The van der Waals surface area contributed by atoms with Crippen LogP contribution >= 0.6 is 136 Å². The maximum Gasteiger partial charge on any atom is 0.339 e. The van der Waals surface area contributed by atoms with Crippen LogP contribution in [0.2, 0.25) is 0 Å². The molecule has 0 saturated carbocycles. The van der Waals surface area contributed by atoms with Gasteiger partial charge < -0.3 is 14.2 Å². The molecule has 0 N–H and O–H groups in total. The second-order valence-electron chi connectivity index (χ2n) is 7.04. The zero-order valence-corrected chi connectivity index (χ0v) is 29.8. The highest BCUT2D eigenvalue weighted by molar-refractivity contribution is 14.1. The van der Waals surface area contributed by atoms with E-state index in [2.05, 4.69) is 140 Å². The van der Waals surface area contributed by atoms with E-state index in [0.717, 1.165) is 34.5 Å². The Bertz CT molecular complexity index is 1040. The standard InChI is InChI=1S/C21H17I6NO5/c22-11-5-14(18(26)16(24)7-11)20(29)32-10-13(9-28-1-3-31-4-2-28)33-21(30)15-6-12(23)8-17(25)19(15)27/h5-8,13H,1-4,9-10H2. The molecule has 1 heterocycles. The average Bonchev–Trinajstić information content (AvgIpc) is 2.77. The number of hydrogen-bond donors (Lipinski definition) is 0. The molecule has 1 fully saturated rings. The van der Waals surface area contributed by atoms with Gasteiger partial charge in [-0.25, -0.2) is 9.59 Å². The first-order valence-electron chi connectivity index (χ1n) is 9.63. The molecule has 0 bridgehead atoms. The van der Waals surface area contributed by atoms with Crippen molar-refractivity contribution in [3.05, 3.63) is 56.8 Å². The van der Waals surface area contributed by atoms with E-state index in [1.807, 2.05) is 24.3 Å². The number of carbonyl (C=O) groups excluding carboxylic acids is 2. The van der Waals surface area contributed by atoms with Gasteiger partial charge in [0.15, 0.2) is 0 Å². The number of rotatable bonds is 7. The van der Waals surface area contributed by atoms with Crippen molar-refractivity contribution in [3.63, 3.8) is 0 Å². The quantitative estimate of drug-likeness (QED) is 0.192. The van der Waals surface area contributed by atoms with Crippen LogP contribution in [-0.2, 0) is 14.2 Å². The van der Waals surface area contributed by atoms with Gasteiger partial charge in [0.05, 0.1) is 24.3 Å². The van der Waals surface area contributed by atoms with Crippen LogP contribution in [0.3, 0.4) is 0 Å². The molecule has 33 heavy (non-hydrogen) atoms. The van der Waals surface area contributed by atoms with Crippen molar-refractivity contribution in [1.29, 1.82) is 0 Å². The molecule has 1 aliphatic rings. The normalized spacial score (nSPS) is 15.2. The molecule has 0 radical (unpaired) electrons. The predicted octanol–water partition coefficient (Wildman–Crippen LogP) is 6.03. The van der Waals surface area contributed by atoms with E-state index in [1.165, 1.54) is 0 Å². The van der Waals surface area contributed by atoms with Gasteiger partial charge in [0.2, 0.25) is 0 Å². The minimum absolute atomic E-state index is 0.0162. The van der Waals surface area contributed by atoms with Gasteiger partial charge in [0.1, 0.15) is 12.7 Å². The monoisotopic (exact) mass is 1120 g/mol. The summed E-state index contributed by atoms with van der Waals surface area (Å²) in [5, 5.41) is 0. The van der Waals surface area contributed by atoms with Gasteiger partial charge in [0, 0.05) is 41.1 Å². The highest BCUT2D eigenvalue weighted by atomic mass is 127. The lowest BCUT2D eigenvalue weighted by Gasteiger charge is -2.30. The minimum atomic E-state index is -0.592. The molecule has 1 unspecified atom stereocenters. The van der Waals surface area contributed by atoms with Crippen molar-refractivity contribution in [2.24, 2.45) is 0 Å². The second-order valence-corrected chi connectivity index (χ2v) is 14.0. The number of carbonyl (C=O) groups is 2. The molecule has 0 aromatic heterocycles. The molecule has 3 rings (SSSR count). The van der Waals surface area contributed by atoms with E-state index in [1.54, 1.807) is 0 Å². The molecule has 1 aliphatic heterocycles. The number of morpholine rings is 1. The molecular weight excluding hydrogens is 1110 g/mol. The number of nitrogens with zero attached hydrogens (tertiary/aromatic N) is 1. The van der Waals surface area contributed by atoms with E-state index in [-0.39, 0.29) is 6.61 Å². The molecule has 178 valence electrons. The summed E-state index contributed by atoms with van der Waals surface area (Å²) in [4.78, 5) is 28.1. The van der Waals surface area contributed by atoms with E-state index in [4.69, 9.17) is 14.2 Å². The van der Waals surface area contributed by atoms with Gasteiger partial charge in [-0.2, -0.15) is 0 Å². The molecule has 0 aliphatic carbocycles. The summed E-state index contributed by atoms with van der Waals surface area (Å²) >= 11 is 13.1. The minimum Gasteiger partial charge on any atom is -0.458 e. The second kappa shape index (κ2) is 14.0. The van der Waals surface area contributed by atoms with Gasteiger partial charge >= 0.3 is 11.9 Å². The Kier molecular flexibility index (Phi) is 12.4. The van der Waals surface area contributed by atoms with Crippen molar-refractivity contribution in [2.45, 2.75) is 6.10 Å². The van der Waals surface area contributed by atoms with Crippen LogP contribution in [0.5, 0.6) is 0 Å². The Balaban J connectivity index is 1.75. The Morgan fingerprint density at radius 3 is 1.91 bits per heavy atom. The molecule has 2 aromatic rings. The Hall–Kier alpha value is 1.68. The first kappa shape index (κ1) is 29.2. The number of ether oxygens (including phenoxy) is 3. The van der Waals surface area contributed by atoms with Crippen LogP contribution in [-0.4, -0.2) is 62.4 Å². The van der Waals surface area contributed by atoms with E-state index < -0.39 is 18.0 Å².